The van der Waals surface area contributed by atoms with Crippen LogP contribution in [0.25, 0.3) is 0 Å². The van der Waals surface area contributed by atoms with E-state index in [0.717, 1.165) is 0 Å². The second-order valence-corrected chi connectivity index (χ2v) is 8.97. The van der Waals surface area contributed by atoms with E-state index < -0.39 is 105 Å². The third-order valence-corrected chi connectivity index (χ3v) is 6.85. The van der Waals surface area contributed by atoms with Gasteiger partial charge in [-0.15, -0.1) is 0 Å². The molecule has 0 aromatic rings. The first kappa shape index (κ1) is 26.8. The van der Waals surface area contributed by atoms with Gasteiger partial charge in [0.15, 0.2) is 12.6 Å². The molecule has 0 spiro atoms. The molecule has 3 heterocycles. The van der Waals surface area contributed by atoms with Crippen molar-refractivity contribution < 1.29 is 69.6 Å². The lowest BCUT2D eigenvalue weighted by atomic mass is 9.88. The predicted molar refractivity (Wildman–Crippen MR) is 110 cm³/mol. The molecule has 4 rings (SSSR count). The van der Waals surface area contributed by atoms with Gasteiger partial charge in [-0.25, -0.2) is 0 Å². The van der Waals surface area contributed by atoms with Crippen LogP contribution in [0.5, 0.6) is 0 Å². The molecule has 35 heavy (non-hydrogen) atoms. The van der Waals surface area contributed by atoms with Crippen LogP contribution in [0.2, 0.25) is 0 Å². The van der Waals surface area contributed by atoms with Crippen molar-refractivity contribution in [2.75, 3.05) is 19.8 Å². The van der Waals surface area contributed by atoms with E-state index in [9.17, 15) is 46.0 Å². The Morgan fingerprint density at radius 2 is 1.23 bits per heavy atom. The highest BCUT2D eigenvalue weighted by Crippen LogP contribution is 2.43. The molecule has 14 atom stereocenters. The summed E-state index contributed by atoms with van der Waals surface area (Å²) < 4.78 is 27.9. The van der Waals surface area contributed by atoms with Gasteiger partial charge in [0.25, 0.3) is 0 Å². The normalized spacial score (nSPS) is 49.9. The number of aliphatic hydroxyl groups excluding tert-OH is 9. The lowest BCUT2D eigenvalue weighted by Crippen LogP contribution is -2.60. The Bertz CT molecular complexity index is 773. The molecule has 1 aliphatic carbocycles. The lowest BCUT2D eigenvalue weighted by molar-refractivity contribution is -0.341. The van der Waals surface area contributed by atoms with Crippen LogP contribution in [-0.2, 0) is 23.7 Å². The summed E-state index contributed by atoms with van der Waals surface area (Å²) in [6.07, 6.45) is -12.4. The highest BCUT2D eigenvalue weighted by atomic mass is 16.8. The summed E-state index contributed by atoms with van der Waals surface area (Å²) in [5.41, 5.74) is 0.420. The maximum absolute atomic E-state index is 10.3. The molecule has 0 bridgehead atoms. The average Bonchev–Trinajstić information content (AvgIpc) is 3.23. The van der Waals surface area contributed by atoms with Gasteiger partial charge in [-0.3, -0.25) is 0 Å². The van der Waals surface area contributed by atoms with Crippen LogP contribution in [-0.4, -0.2) is 140 Å². The van der Waals surface area contributed by atoms with E-state index in [1.807, 2.05) is 0 Å². The van der Waals surface area contributed by atoms with Crippen LogP contribution in [0.15, 0.2) is 24.0 Å². The van der Waals surface area contributed by atoms with Gasteiger partial charge < -0.3 is 69.6 Å². The van der Waals surface area contributed by atoms with Crippen LogP contribution in [0.4, 0.5) is 0 Å². The summed E-state index contributed by atoms with van der Waals surface area (Å²) >= 11 is 0. The Balaban J connectivity index is 1.48. The second-order valence-electron chi connectivity index (χ2n) is 8.97. The number of rotatable bonds is 7. The van der Waals surface area contributed by atoms with Gasteiger partial charge in [-0.05, 0) is 11.6 Å². The Kier molecular flexibility index (Phi) is 8.44. The first-order valence-corrected chi connectivity index (χ1v) is 11.3. The molecule has 9 N–H and O–H groups in total. The molecule has 0 saturated carbocycles. The summed E-state index contributed by atoms with van der Waals surface area (Å²) in [7, 11) is 0. The summed E-state index contributed by atoms with van der Waals surface area (Å²) in [5, 5.41) is 89.3. The molecule has 0 aromatic heterocycles. The van der Waals surface area contributed by atoms with Crippen LogP contribution in [0, 0.1) is 11.8 Å². The van der Waals surface area contributed by atoms with Crippen molar-refractivity contribution in [1.29, 1.82) is 0 Å². The summed E-state index contributed by atoms with van der Waals surface area (Å²) in [4.78, 5) is 0. The fraction of sp³-hybridized carbons (Fsp3) is 0.810. The molecular weight excluding hydrogens is 476 g/mol. The van der Waals surface area contributed by atoms with Gasteiger partial charge in [0.05, 0.1) is 38.1 Å². The largest absolute Gasteiger partial charge is 0.472 e. The Labute approximate surface area is 199 Å². The summed E-state index contributed by atoms with van der Waals surface area (Å²) in [6, 6.07) is 0. The minimum atomic E-state index is -1.66. The molecule has 14 nitrogen and oxygen atoms in total. The van der Waals surface area contributed by atoms with E-state index in [1.165, 1.54) is 6.26 Å². The smallest absolute Gasteiger partial charge is 0.209 e. The molecule has 0 radical (unpaired) electrons. The maximum Gasteiger partial charge on any atom is 0.209 e. The van der Waals surface area contributed by atoms with Gasteiger partial charge in [-0.1, -0.05) is 6.08 Å². The predicted octanol–water partition coefficient (Wildman–Crippen LogP) is -4.98. The van der Waals surface area contributed by atoms with Gasteiger partial charge in [0.2, 0.25) is 6.29 Å². The molecule has 0 unspecified atom stereocenters. The molecule has 2 fully saturated rings. The van der Waals surface area contributed by atoms with E-state index in [-0.39, 0.29) is 0 Å². The van der Waals surface area contributed by atoms with E-state index in [1.54, 1.807) is 12.2 Å². The van der Waals surface area contributed by atoms with Crippen molar-refractivity contribution in [1.82, 2.24) is 0 Å². The molecule has 14 heteroatoms. The van der Waals surface area contributed by atoms with E-state index in [2.05, 4.69) is 0 Å². The van der Waals surface area contributed by atoms with Crippen LogP contribution in [0.3, 0.4) is 0 Å². The third kappa shape index (κ3) is 5.00. The fourth-order valence-electron chi connectivity index (χ4n) is 4.82. The molecule has 4 aliphatic rings. The van der Waals surface area contributed by atoms with E-state index >= 15 is 0 Å². The van der Waals surface area contributed by atoms with Crippen molar-refractivity contribution in [2.45, 2.75) is 73.8 Å². The van der Waals surface area contributed by atoms with Gasteiger partial charge in [0.1, 0.15) is 48.8 Å². The zero-order chi connectivity index (χ0) is 25.4. The van der Waals surface area contributed by atoms with Crippen LogP contribution in [0.1, 0.15) is 0 Å². The molecule has 2 saturated heterocycles. The van der Waals surface area contributed by atoms with Crippen LogP contribution >= 0.6 is 0 Å². The first-order valence-electron chi connectivity index (χ1n) is 11.3. The van der Waals surface area contributed by atoms with Crippen molar-refractivity contribution in [3.8, 4) is 0 Å². The maximum atomic E-state index is 10.3. The molecule has 0 amide bonds. The quantitative estimate of drug-likeness (QED) is 0.147. The highest BCUT2D eigenvalue weighted by Gasteiger charge is 2.51. The molecule has 3 aliphatic heterocycles. The first-order chi connectivity index (χ1) is 16.7. The van der Waals surface area contributed by atoms with Crippen molar-refractivity contribution >= 4 is 0 Å². The number of fused-ring (bicyclic) bond motifs is 1. The summed E-state index contributed by atoms with van der Waals surface area (Å²) in [6.45, 7) is -1.69. The minimum absolute atomic E-state index is 0.420. The number of hydrogen-bond donors (Lipinski definition) is 9. The van der Waals surface area contributed by atoms with Crippen LogP contribution < -0.4 is 0 Å². The minimum Gasteiger partial charge on any atom is -0.472 e. The summed E-state index contributed by atoms with van der Waals surface area (Å²) in [5.74, 6) is -1.21. The van der Waals surface area contributed by atoms with Gasteiger partial charge in [0, 0.05) is 5.92 Å². The monoisotopic (exact) mass is 508 g/mol. The zero-order valence-electron chi connectivity index (χ0n) is 18.5. The van der Waals surface area contributed by atoms with Crippen molar-refractivity contribution in [3.63, 3.8) is 0 Å². The molecular formula is C21H32O14. The Hall–Kier alpha value is -1.24. The van der Waals surface area contributed by atoms with Gasteiger partial charge >= 0.3 is 0 Å². The zero-order valence-corrected chi connectivity index (χ0v) is 18.5. The Morgan fingerprint density at radius 3 is 1.74 bits per heavy atom. The fourth-order valence-corrected chi connectivity index (χ4v) is 4.82. The lowest BCUT2D eigenvalue weighted by Gasteiger charge is -2.43. The standard InChI is InChI=1S/C21H32O14/c22-4-7-3-9(32-20-17(29)15(27)13(25)10(5-23)33-20)8-1-2-31-19(12(7)8)35-21-18(30)16(28)14(26)11(6-24)34-21/h1-3,8-30H,4-6H2/t8-,9+,10+,11+,12+,13+,14+,15-,16-,17+,18+,19-,20+,21-/m0/s1. The molecule has 0 aromatic carbocycles. The third-order valence-electron chi connectivity index (χ3n) is 6.85. The number of ether oxygens (including phenoxy) is 5. The van der Waals surface area contributed by atoms with E-state index in [0.29, 0.717) is 5.57 Å². The topological polar surface area (TPSA) is 228 Å². The second kappa shape index (κ2) is 11.0. The molecule has 200 valence electrons. The van der Waals surface area contributed by atoms with Crippen molar-refractivity contribution in [2.24, 2.45) is 11.8 Å². The van der Waals surface area contributed by atoms with E-state index in [4.69, 9.17) is 23.7 Å². The average molecular weight is 508 g/mol. The van der Waals surface area contributed by atoms with Crippen molar-refractivity contribution in [3.05, 3.63) is 24.0 Å². The Morgan fingerprint density at radius 1 is 0.686 bits per heavy atom. The van der Waals surface area contributed by atoms with Gasteiger partial charge in [-0.2, -0.15) is 0 Å². The number of hydrogen-bond acceptors (Lipinski definition) is 14. The SMILES string of the molecule is OCC1=C[C@@H](O[C@@H]2O[C@H](CO)[C@@H](O)[C@H](O)[C@H]2O)[C@@H]2C=CO[C@@H](O[C@@H]3O[C@H](CO)[C@@H](O)[C@H](O)[C@H]3O)[C@H]12. The number of aliphatic hydroxyl groups is 9. The highest BCUT2D eigenvalue weighted by molar-refractivity contribution is 5.26.